The van der Waals surface area contributed by atoms with Crippen LogP contribution in [0.4, 0.5) is 5.00 Å². The first-order valence-electron chi connectivity index (χ1n) is 4.09. The summed E-state index contributed by atoms with van der Waals surface area (Å²) in [5.41, 5.74) is 6.87. The number of nitriles is 1. The highest BCUT2D eigenvalue weighted by atomic mass is 32.1. The molecule has 0 saturated heterocycles. The van der Waals surface area contributed by atoms with E-state index in [0.29, 0.717) is 0 Å². The number of nitrogen functional groups attached to an aromatic ring is 1. The Balaban J connectivity index is 2.45. The van der Waals surface area contributed by atoms with Gasteiger partial charge in [-0.05, 0) is 30.9 Å². The molecule has 0 bridgehead atoms. The molecule has 3 heteroatoms. The molecule has 0 saturated carbocycles. The standard InChI is InChI=1S/C9H10N2S/c10-5-6-2-1-3-8-7(6)4-9(11)12-8/h4,6H,1-3,11H2/t6-/m0/s1. The molecule has 12 heavy (non-hydrogen) atoms. The summed E-state index contributed by atoms with van der Waals surface area (Å²) < 4.78 is 0. The lowest BCUT2D eigenvalue weighted by Gasteiger charge is -2.15. The van der Waals surface area contributed by atoms with Gasteiger partial charge in [0.15, 0.2) is 0 Å². The van der Waals surface area contributed by atoms with Crippen LogP contribution in [-0.2, 0) is 6.42 Å². The third-order valence-electron chi connectivity index (χ3n) is 2.29. The molecule has 0 amide bonds. The van der Waals surface area contributed by atoms with Crippen LogP contribution in [0.1, 0.15) is 29.2 Å². The zero-order valence-corrected chi connectivity index (χ0v) is 7.53. The van der Waals surface area contributed by atoms with E-state index in [0.717, 1.165) is 24.3 Å². The molecular weight excluding hydrogens is 168 g/mol. The summed E-state index contributed by atoms with van der Waals surface area (Å²) in [6, 6.07) is 4.29. The van der Waals surface area contributed by atoms with Crippen molar-refractivity contribution in [2.45, 2.75) is 25.2 Å². The third-order valence-corrected chi connectivity index (χ3v) is 3.33. The van der Waals surface area contributed by atoms with E-state index in [2.05, 4.69) is 6.07 Å². The van der Waals surface area contributed by atoms with Crippen molar-refractivity contribution in [2.24, 2.45) is 0 Å². The molecule has 2 rings (SSSR count). The van der Waals surface area contributed by atoms with E-state index in [1.165, 1.54) is 10.4 Å². The zero-order chi connectivity index (χ0) is 8.55. The molecule has 1 aliphatic rings. The maximum Gasteiger partial charge on any atom is 0.0862 e. The number of aryl methyl sites for hydroxylation is 1. The molecule has 0 radical (unpaired) electrons. The minimum absolute atomic E-state index is 0.0994. The van der Waals surface area contributed by atoms with Gasteiger partial charge in [-0.25, -0.2) is 0 Å². The first kappa shape index (κ1) is 7.63. The predicted octanol–water partition coefficient (Wildman–Crippen LogP) is 2.27. The van der Waals surface area contributed by atoms with Crippen molar-refractivity contribution in [3.8, 4) is 6.07 Å². The Morgan fingerprint density at radius 2 is 2.50 bits per heavy atom. The molecule has 1 aliphatic carbocycles. The number of fused-ring (bicyclic) bond motifs is 1. The van der Waals surface area contributed by atoms with E-state index in [1.54, 1.807) is 11.3 Å². The lowest BCUT2D eigenvalue weighted by Crippen LogP contribution is -2.04. The minimum Gasteiger partial charge on any atom is -0.391 e. The van der Waals surface area contributed by atoms with Gasteiger partial charge in [-0.1, -0.05) is 0 Å². The fourth-order valence-electron chi connectivity index (χ4n) is 1.71. The largest absolute Gasteiger partial charge is 0.391 e. The van der Waals surface area contributed by atoms with Gasteiger partial charge in [0.1, 0.15) is 0 Å². The van der Waals surface area contributed by atoms with E-state index >= 15 is 0 Å². The van der Waals surface area contributed by atoms with Crippen molar-refractivity contribution in [3.05, 3.63) is 16.5 Å². The van der Waals surface area contributed by atoms with Crippen molar-refractivity contribution in [1.29, 1.82) is 5.26 Å². The van der Waals surface area contributed by atoms with E-state index in [9.17, 15) is 0 Å². The smallest absolute Gasteiger partial charge is 0.0862 e. The van der Waals surface area contributed by atoms with Crippen LogP contribution in [0.25, 0.3) is 0 Å². The second-order valence-corrected chi connectivity index (χ2v) is 4.27. The summed E-state index contributed by atoms with van der Waals surface area (Å²) in [5.74, 6) is 0.0994. The Hall–Kier alpha value is -1.01. The lowest BCUT2D eigenvalue weighted by atomic mass is 9.89. The zero-order valence-electron chi connectivity index (χ0n) is 6.71. The van der Waals surface area contributed by atoms with Crippen molar-refractivity contribution in [3.63, 3.8) is 0 Å². The summed E-state index contributed by atoms with van der Waals surface area (Å²) in [4.78, 5) is 1.32. The average molecular weight is 178 g/mol. The molecule has 62 valence electrons. The van der Waals surface area contributed by atoms with Gasteiger partial charge in [-0.3, -0.25) is 0 Å². The number of hydrogen-bond acceptors (Lipinski definition) is 3. The third kappa shape index (κ3) is 1.09. The predicted molar refractivity (Wildman–Crippen MR) is 50.0 cm³/mol. The lowest BCUT2D eigenvalue weighted by molar-refractivity contribution is 0.646. The fourth-order valence-corrected chi connectivity index (χ4v) is 2.75. The molecule has 0 aliphatic heterocycles. The van der Waals surface area contributed by atoms with Crippen LogP contribution in [0.2, 0.25) is 0 Å². The summed E-state index contributed by atoms with van der Waals surface area (Å²) in [5, 5.41) is 9.71. The Morgan fingerprint density at radius 3 is 3.25 bits per heavy atom. The van der Waals surface area contributed by atoms with Crippen LogP contribution in [0, 0.1) is 11.3 Å². The van der Waals surface area contributed by atoms with Crippen LogP contribution in [0.15, 0.2) is 6.07 Å². The molecule has 2 nitrogen and oxygen atoms in total. The highest BCUT2D eigenvalue weighted by Crippen LogP contribution is 2.37. The Morgan fingerprint density at radius 1 is 1.67 bits per heavy atom. The molecule has 0 fully saturated rings. The minimum atomic E-state index is 0.0994. The number of rotatable bonds is 0. The monoisotopic (exact) mass is 178 g/mol. The summed E-state index contributed by atoms with van der Waals surface area (Å²) in [6.07, 6.45) is 3.24. The number of thiophene rings is 1. The van der Waals surface area contributed by atoms with Crippen LogP contribution >= 0.6 is 11.3 Å². The molecule has 1 aromatic rings. The molecule has 0 aromatic carbocycles. The van der Waals surface area contributed by atoms with Gasteiger partial charge in [0.25, 0.3) is 0 Å². The van der Waals surface area contributed by atoms with Gasteiger partial charge in [0, 0.05) is 4.88 Å². The number of nitrogens with zero attached hydrogens (tertiary/aromatic N) is 1. The number of nitrogens with two attached hydrogens (primary N) is 1. The van der Waals surface area contributed by atoms with Crippen LogP contribution < -0.4 is 5.73 Å². The highest BCUT2D eigenvalue weighted by molar-refractivity contribution is 7.16. The quantitative estimate of drug-likeness (QED) is 0.662. The molecule has 1 heterocycles. The molecule has 1 aromatic heterocycles. The van der Waals surface area contributed by atoms with Crippen molar-refractivity contribution < 1.29 is 0 Å². The van der Waals surface area contributed by atoms with Gasteiger partial charge in [-0.2, -0.15) is 5.26 Å². The van der Waals surface area contributed by atoms with Crippen molar-refractivity contribution in [1.82, 2.24) is 0 Å². The fraction of sp³-hybridized carbons (Fsp3) is 0.444. The molecular formula is C9H10N2S. The normalized spacial score (nSPS) is 21.4. The van der Waals surface area contributed by atoms with Gasteiger partial charge in [0.05, 0.1) is 17.0 Å². The van der Waals surface area contributed by atoms with E-state index in [-0.39, 0.29) is 5.92 Å². The maximum atomic E-state index is 8.86. The van der Waals surface area contributed by atoms with Gasteiger partial charge < -0.3 is 5.73 Å². The summed E-state index contributed by atoms with van der Waals surface area (Å²) in [6.45, 7) is 0. The Kier molecular flexibility index (Phi) is 1.78. The topological polar surface area (TPSA) is 49.8 Å². The van der Waals surface area contributed by atoms with E-state index < -0.39 is 0 Å². The number of hydrogen-bond donors (Lipinski definition) is 1. The molecule has 0 spiro atoms. The van der Waals surface area contributed by atoms with Crippen LogP contribution in [0.5, 0.6) is 0 Å². The second-order valence-electron chi connectivity index (χ2n) is 3.10. The molecule has 0 unspecified atom stereocenters. The van der Waals surface area contributed by atoms with E-state index in [1.807, 2.05) is 6.07 Å². The Labute approximate surface area is 75.6 Å². The van der Waals surface area contributed by atoms with Crippen LogP contribution in [-0.4, -0.2) is 0 Å². The molecule has 2 N–H and O–H groups in total. The summed E-state index contributed by atoms with van der Waals surface area (Å²) in [7, 11) is 0. The van der Waals surface area contributed by atoms with E-state index in [4.69, 9.17) is 11.0 Å². The second kappa shape index (κ2) is 2.80. The van der Waals surface area contributed by atoms with Gasteiger partial charge in [0.2, 0.25) is 0 Å². The SMILES string of the molecule is N#C[C@@H]1CCCc2sc(N)cc21. The van der Waals surface area contributed by atoms with Crippen LogP contribution in [0.3, 0.4) is 0 Å². The van der Waals surface area contributed by atoms with Crippen molar-refractivity contribution >= 4 is 16.3 Å². The van der Waals surface area contributed by atoms with Crippen molar-refractivity contribution in [2.75, 3.05) is 5.73 Å². The van der Waals surface area contributed by atoms with Gasteiger partial charge >= 0.3 is 0 Å². The molecule has 1 atom stereocenters. The van der Waals surface area contributed by atoms with Gasteiger partial charge in [-0.15, -0.1) is 11.3 Å². The first-order valence-corrected chi connectivity index (χ1v) is 4.90. The average Bonchev–Trinajstić information content (AvgIpc) is 2.44. The number of anilines is 1. The highest BCUT2D eigenvalue weighted by Gasteiger charge is 2.21. The summed E-state index contributed by atoms with van der Waals surface area (Å²) >= 11 is 1.64. The Bertz CT molecular complexity index is 335. The maximum absolute atomic E-state index is 8.86. The first-order chi connectivity index (χ1) is 5.81.